The second-order valence-corrected chi connectivity index (χ2v) is 5.66. The van der Waals surface area contributed by atoms with Crippen LogP contribution in [0.2, 0.25) is 5.02 Å². The Morgan fingerprint density at radius 1 is 1.04 bits per heavy atom. The van der Waals surface area contributed by atoms with Crippen LogP contribution in [0.3, 0.4) is 0 Å². The number of hydrogen-bond donors (Lipinski definition) is 1. The molecule has 23 heavy (non-hydrogen) atoms. The van der Waals surface area contributed by atoms with E-state index in [-0.39, 0.29) is 11.7 Å². The minimum absolute atomic E-state index is 0.113. The Morgan fingerprint density at radius 2 is 1.87 bits per heavy atom. The number of hydrogen-bond acceptors (Lipinski definition) is 4. The molecule has 0 spiro atoms. The van der Waals surface area contributed by atoms with Crippen molar-refractivity contribution in [2.45, 2.75) is 6.23 Å². The molecule has 0 radical (unpaired) electrons. The minimum atomic E-state index is -0.171. The molecular formula is C18H12ClNO3. The number of nitrogens with one attached hydrogen (secondary N) is 1. The van der Waals surface area contributed by atoms with E-state index in [4.69, 9.17) is 20.8 Å². The average molecular weight is 326 g/mol. The Morgan fingerprint density at radius 3 is 2.61 bits per heavy atom. The molecule has 0 saturated carbocycles. The monoisotopic (exact) mass is 325 g/mol. The van der Waals surface area contributed by atoms with Crippen molar-refractivity contribution in [1.29, 1.82) is 0 Å². The van der Waals surface area contributed by atoms with Crippen LogP contribution in [0.5, 0.6) is 0 Å². The summed E-state index contributed by atoms with van der Waals surface area (Å²) in [6.07, 6.45) is 3.20. The molecule has 2 heterocycles. The van der Waals surface area contributed by atoms with Gasteiger partial charge in [0.2, 0.25) is 0 Å². The van der Waals surface area contributed by atoms with E-state index < -0.39 is 0 Å². The number of rotatable bonds is 2. The summed E-state index contributed by atoms with van der Waals surface area (Å²) >= 11 is 5.92. The molecule has 5 heteroatoms. The molecular weight excluding hydrogens is 314 g/mol. The van der Waals surface area contributed by atoms with Crippen LogP contribution in [0.15, 0.2) is 70.2 Å². The third-order valence-electron chi connectivity index (χ3n) is 3.72. The van der Waals surface area contributed by atoms with Crippen LogP contribution in [0, 0.1) is 0 Å². The zero-order chi connectivity index (χ0) is 15.8. The van der Waals surface area contributed by atoms with Crippen LogP contribution in [-0.4, -0.2) is 0 Å². The smallest absolute Gasteiger partial charge is 0.195 e. The van der Waals surface area contributed by atoms with Crippen molar-refractivity contribution in [3.05, 3.63) is 81.8 Å². The van der Waals surface area contributed by atoms with Crippen LogP contribution in [0.4, 0.5) is 0 Å². The Kier molecular flexibility index (Phi) is 3.32. The molecule has 1 aromatic heterocycles. The third-order valence-corrected chi connectivity index (χ3v) is 3.95. The van der Waals surface area contributed by atoms with Gasteiger partial charge in [0.05, 0.1) is 5.39 Å². The molecule has 1 atom stereocenters. The molecule has 114 valence electrons. The fourth-order valence-corrected chi connectivity index (χ4v) is 2.72. The molecule has 0 fully saturated rings. The lowest BCUT2D eigenvalue weighted by molar-refractivity contribution is 0.155. The number of fused-ring (bicyclic) bond motifs is 1. The van der Waals surface area contributed by atoms with Gasteiger partial charge < -0.3 is 14.5 Å². The van der Waals surface area contributed by atoms with Crippen LogP contribution in [0.25, 0.3) is 22.3 Å². The maximum atomic E-state index is 12.2. The van der Waals surface area contributed by atoms with E-state index >= 15 is 0 Å². The van der Waals surface area contributed by atoms with E-state index in [0.717, 1.165) is 11.1 Å². The van der Waals surface area contributed by atoms with Crippen molar-refractivity contribution < 1.29 is 9.15 Å². The second kappa shape index (κ2) is 5.48. The predicted molar refractivity (Wildman–Crippen MR) is 89.0 cm³/mol. The van der Waals surface area contributed by atoms with Crippen molar-refractivity contribution in [2.24, 2.45) is 0 Å². The van der Waals surface area contributed by atoms with Crippen molar-refractivity contribution in [1.82, 2.24) is 5.32 Å². The molecule has 4 nitrogen and oxygen atoms in total. The zero-order valence-corrected chi connectivity index (χ0v) is 12.7. The maximum absolute atomic E-state index is 12.2. The summed E-state index contributed by atoms with van der Waals surface area (Å²) in [6.45, 7) is 0. The van der Waals surface area contributed by atoms with Gasteiger partial charge >= 0.3 is 0 Å². The van der Waals surface area contributed by atoms with Gasteiger partial charge in [0.15, 0.2) is 11.7 Å². The zero-order valence-electron chi connectivity index (χ0n) is 12.0. The summed E-state index contributed by atoms with van der Waals surface area (Å²) < 4.78 is 11.2. The molecule has 1 N–H and O–H groups in total. The lowest BCUT2D eigenvalue weighted by atomic mass is 10.1. The van der Waals surface area contributed by atoms with Crippen LogP contribution < -0.4 is 10.7 Å². The maximum Gasteiger partial charge on any atom is 0.195 e. The highest BCUT2D eigenvalue weighted by atomic mass is 35.5. The van der Waals surface area contributed by atoms with Gasteiger partial charge in [0.1, 0.15) is 17.6 Å². The second-order valence-electron chi connectivity index (χ2n) is 5.22. The predicted octanol–water partition coefficient (Wildman–Crippen LogP) is 4.20. The van der Waals surface area contributed by atoms with Crippen LogP contribution in [0.1, 0.15) is 11.8 Å². The molecule has 0 bridgehead atoms. The summed E-state index contributed by atoms with van der Waals surface area (Å²) in [4.78, 5) is 12.2. The van der Waals surface area contributed by atoms with E-state index in [1.165, 1.54) is 6.07 Å². The molecule has 1 aliphatic rings. The van der Waals surface area contributed by atoms with Gasteiger partial charge in [0.25, 0.3) is 0 Å². The molecule has 2 aromatic carbocycles. The summed E-state index contributed by atoms with van der Waals surface area (Å²) in [5.41, 5.74) is 2.23. The van der Waals surface area contributed by atoms with Crippen molar-refractivity contribution >= 4 is 22.6 Å². The highest BCUT2D eigenvalue weighted by molar-refractivity contribution is 6.31. The van der Waals surface area contributed by atoms with E-state index in [0.29, 0.717) is 21.8 Å². The fourth-order valence-electron chi connectivity index (χ4n) is 2.55. The number of benzene rings is 2. The summed E-state index contributed by atoms with van der Waals surface area (Å²) in [5.74, 6) is 0.523. The highest BCUT2D eigenvalue weighted by Gasteiger charge is 2.13. The molecule has 0 aliphatic carbocycles. The van der Waals surface area contributed by atoms with E-state index in [9.17, 15) is 4.79 Å². The van der Waals surface area contributed by atoms with Gasteiger partial charge in [-0.3, -0.25) is 4.79 Å². The largest absolute Gasteiger partial charge is 0.473 e. The molecule has 4 rings (SSSR count). The van der Waals surface area contributed by atoms with Crippen LogP contribution >= 0.6 is 11.6 Å². The molecule has 0 amide bonds. The molecule has 1 unspecified atom stereocenters. The number of ether oxygens (including phenoxy) is 1. The van der Waals surface area contributed by atoms with Gasteiger partial charge in [-0.2, -0.15) is 0 Å². The Bertz CT molecular complexity index is 952. The van der Waals surface area contributed by atoms with E-state index in [1.54, 1.807) is 30.7 Å². The summed E-state index contributed by atoms with van der Waals surface area (Å²) in [6, 6.07) is 14.2. The van der Waals surface area contributed by atoms with E-state index in [2.05, 4.69) is 5.32 Å². The van der Waals surface area contributed by atoms with Crippen molar-refractivity contribution in [3.8, 4) is 11.3 Å². The van der Waals surface area contributed by atoms with Gasteiger partial charge in [0, 0.05) is 28.4 Å². The lowest BCUT2D eigenvalue weighted by Gasteiger charge is -2.12. The first-order chi connectivity index (χ1) is 11.2. The quantitative estimate of drug-likeness (QED) is 0.767. The first-order valence-corrected chi connectivity index (χ1v) is 7.49. The minimum Gasteiger partial charge on any atom is -0.473 e. The van der Waals surface area contributed by atoms with Crippen LogP contribution in [-0.2, 0) is 4.74 Å². The average Bonchev–Trinajstić information content (AvgIpc) is 3.10. The van der Waals surface area contributed by atoms with Gasteiger partial charge in [-0.05, 0) is 18.2 Å². The van der Waals surface area contributed by atoms with Crippen molar-refractivity contribution in [2.75, 3.05) is 0 Å². The first-order valence-electron chi connectivity index (χ1n) is 7.11. The topological polar surface area (TPSA) is 51.5 Å². The third kappa shape index (κ3) is 2.58. The van der Waals surface area contributed by atoms with E-state index in [1.807, 2.05) is 24.3 Å². The standard InChI is InChI=1S/C18H12ClNO3/c19-13-5-6-16-14(9-13)15(21)10-17(23-16)11-1-3-12(4-2-11)18-20-7-8-22-18/h1-10,18,20H. The SMILES string of the molecule is O=c1cc(-c2ccc(C3NC=CO3)cc2)oc2ccc(Cl)cc12. The van der Waals surface area contributed by atoms with Crippen molar-refractivity contribution in [3.63, 3.8) is 0 Å². The molecule has 1 aliphatic heterocycles. The molecule has 0 saturated heterocycles. The number of halogens is 1. The van der Waals surface area contributed by atoms with Gasteiger partial charge in [-0.1, -0.05) is 35.9 Å². The fraction of sp³-hybridized carbons (Fsp3) is 0.0556. The Balaban J connectivity index is 1.74. The van der Waals surface area contributed by atoms with Gasteiger partial charge in [-0.15, -0.1) is 0 Å². The first kappa shape index (κ1) is 13.9. The lowest BCUT2D eigenvalue weighted by Crippen LogP contribution is -2.10. The Hall–Kier alpha value is -2.72. The van der Waals surface area contributed by atoms with Gasteiger partial charge in [-0.25, -0.2) is 0 Å². The Labute approximate surface area is 137 Å². The highest BCUT2D eigenvalue weighted by Crippen LogP contribution is 2.26. The molecule has 3 aromatic rings. The summed E-state index contributed by atoms with van der Waals surface area (Å²) in [7, 11) is 0. The summed E-state index contributed by atoms with van der Waals surface area (Å²) in [5, 5.41) is 4.07. The normalized spacial score (nSPS) is 16.3.